The zero-order chi connectivity index (χ0) is 9.84. The Morgan fingerprint density at radius 3 is 2.54 bits per heavy atom. The van der Waals surface area contributed by atoms with Crippen molar-refractivity contribution < 1.29 is 4.92 Å². The van der Waals surface area contributed by atoms with E-state index in [9.17, 15) is 10.1 Å². The van der Waals surface area contributed by atoms with E-state index in [4.69, 9.17) is 0 Å². The fraction of sp³-hybridized carbons (Fsp3) is 1.00. The third kappa shape index (κ3) is 2.98. The van der Waals surface area contributed by atoms with Crippen molar-refractivity contribution in [3.63, 3.8) is 0 Å². The fourth-order valence-corrected chi connectivity index (χ4v) is 2.35. The van der Waals surface area contributed by atoms with Crippen molar-refractivity contribution in [3.05, 3.63) is 10.1 Å². The van der Waals surface area contributed by atoms with Crippen molar-refractivity contribution in [3.8, 4) is 0 Å². The highest BCUT2D eigenvalue weighted by molar-refractivity contribution is 4.75. The zero-order valence-corrected chi connectivity index (χ0v) is 8.53. The van der Waals surface area contributed by atoms with E-state index < -0.39 is 0 Å². The third-order valence-corrected chi connectivity index (χ3v) is 2.91. The average Bonchev–Trinajstić information content (AvgIpc) is 2.03. The molecule has 0 heterocycles. The van der Waals surface area contributed by atoms with Gasteiger partial charge in [0.1, 0.15) is 0 Å². The van der Waals surface area contributed by atoms with Crippen LogP contribution in [0.4, 0.5) is 0 Å². The lowest BCUT2D eigenvalue weighted by molar-refractivity contribution is -0.536. The molecule has 1 aliphatic carbocycles. The summed E-state index contributed by atoms with van der Waals surface area (Å²) in [5.74, 6) is 0.925. The number of nitrogens with zero attached hydrogens (tertiary/aromatic N) is 1. The Morgan fingerprint density at radius 1 is 1.38 bits per heavy atom. The van der Waals surface area contributed by atoms with Crippen molar-refractivity contribution in [1.82, 2.24) is 0 Å². The van der Waals surface area contributed by atoms with Crippen LogP contribution in [-0.2, 0) is 0 Å². The monoisotopic (exact) mass is 185 g/mol. The summed E-state index contributed by atoms with van der Waals surface area (Å²) < 4.78 is 0. The van der Waals surface area contributed by atoms with E-state index in [1.165, 1.54) is 6.42 Å². The minimum absolute atomic E-state index is 0.0633. The summed E-state index contributed by atoms with van der Waals surface area (Å²) in [4.78, 5) is 10.7. The van der Waals surface area contributed by atoms with Gasteiger partial charge in [-0.2, -0.15) is 0 Å². The summed E-state index contributed by atoms with van der Waals surface area (Å²) in [5.41, 5.74) is 0. The van der Waals surface area contributed by atoms with Crippen LogP contribution in [0.15, 0.2) is 0 Å². The minimum atomic E-state index is -0.254. The quantitative estimate of drug-likeness (QED) is 0.501. The van der Waals surface area contributed by atoms with E-state index in [1.807, 2.05) is 0 Å². The van der Waals surface area contributed by atoms with Gasteiger partial charge in [0.2, 0.25) is 6.04 Å². The Morgan fingerprint density at radius 2 is 2.00 bits per heavy atom. The molecule has 0 saturated heterocycles. The first-order valence-electron chi connectivity index (χ1n) is 5.24. The van der Waals surface area contributed by atoms with Crippen LogP contribution in [0.25, 0.3) is 0 Å². The lowest BCUT2D eigenvalue weighted by atomic mass is 9.80. The van der Waals surface area contributed by atoms with Gasteiger partial charge in [-0.1, -0.05) is 20.3 Å². The summed E-state index contributed by atoms with van der Waals surface area (Å²) in [6.07, 6.45) is 5.10. The van der Waals surface area contributed by atoms with Gasteiger partial charge in [0.25, 0.3) is 0 Å². The van der Waals surface area contributed by atoms with Crippen LogP contribution in [0.2, 0.25) is 0 Å². The second-order valence-electron chi connectivity index (χ2n) is 4.53. The molecule has 1 rings (SSSR count). The molecule has 2 atom stereocenters. The highest BCUT2D eigenvalue weighted by atomic mass is 16.6. The SMILES string of the molecule is CC(C)CC1CCCCC1[N+](=O)[O-]. The Hall–Kier alpha value is -0.600. The lowest BCUT2D eigenvalue weighted by Gasteiger charge is -2.26. The molecule has 0 aromatic rings. The fourth-order valence-electron chi connectivity index (χ4n) is 2.35. The molecule has 0 bridgehead atoms. The van der Waals surface area contributed by atoms with Gasteiger partial charge in [-0.05, 0) is 25.2 Å². The van der Waals surface area contributed by atoms with E-state index in [0.29, 0.717) is 11.8 Å². The number of rotatable bonds is 3. The van der Waals surface area contributed by atoms with Crippen LogP contribution in [0.1, 0.15) is 46.0 Å². The maximum absolute atomic E-state index is 10.8. The minimum Gasteiger partial charge on any atom is -0.264 e. The summed E-state index contributed by atoms with van der Waals surface area (Å²) in [5, 5.41) is 10.8. The van der Waals surface area contributed by atoms with Gasteiger partial charge in [0.15, 0.2) is 0 Å². The van der Waals surface area contributed by atoms with Crippen molar-refractivity contribution in [2.24, 2.45) is 11.8 Å². The van der Waals surface area contributed by atoms with Gasteiger partial charge in [0.05, 0.1) is 0 Å². The molecule has 76 valence electrons. The normalized spacial score (nSPS) is 29.2. The molecule has 2 unspecified atom stereocenters. The van der Waals surface area contributed by atoms with E-state index in [1.54, 1.807) is 0 Å². The van der Waals surface area contributed by atoms with E-state index in [-0.39, 0.29) is 11.0 Å². The lowest BCUT2D eigenvalue weighted by Crippen LogP contribution is -2.32. The standard InChI is InChI=1S/C10H19NO2/c1-8(2)7-9-5-3-4-6-10(9)11(12)13/h8-10H,3-7H2,1-2H3. The molecule has 0 spiro atoms. The van der Waals surface area contributed by atoms with Gasteiger partial charge in [-0.15, -0.1) is 0 Å². The van der Waals surface area contributed by atoms with Gasteiger partial charge in [0, 0.05) is 17.3 Å². The van der Waals surface area contributed by atoms with Crippen LogP contribution in [-0.4, -0.2) is 11.0 Å². The number of hydrogen-bond acceptors (Lipinski definition) is 2. The van der Waals surface area contributed by atoms with Gasteiger partial charge in [-0.3, -0.25) is 10.1 Å². The first kappa shape index (κ1) is 10.5. The summed E-state index contributed by atoms with van der Waals surface area (Å²) in [7, 11) is 0. The molecule has 0 amide bonds. The van der Waals surface area contributed by atoms with Crippen LogP contribution >= 0.6 is 0 Å². The van der Waals surface area contributed by atoms with Gasteiger partial charge >= 0.3 is 0 Å². The van der Waals surface area contributed by atoms with E-state index in [2.05, 4.69) is 13.8 Å². The zero-order valence-electron chi connectivity index (χ0n) is 8.53. The molecule has 3 nitrogen and oxygen atoms in total. The molecule has 13 heavy (non-hydrogen) atoms. The first-order chi connectivity index (χ1) is 6.11. The Labute approximate surface area is 79.7 Å². The van der Waals surface area contributed by atoms with Crippen molar-refractivity contribution >= 4 is 0 Å². The second kappa shape index (κ2) is 4.58. The largest absolute Gasteiger partial charge is 0.264 e. The van der Waals surface area contributed by atoms with Crippen LogP contribution < -0.4 is 0 Å². The molecule has 0 radical (unpaired) electrons. The summed E-state index contributed by atoms with van der Waals surface area (Å²) in [6.45, 7) is 4.29. The Kier molecular flexibility index (Phi) is 3.70. The highest BCUT2D eigenvalue weighted by Crippen LogP contribution is 2.30. The number of hydrogen-bond donors (Lipinski definition) is 0. The van der Waals surface area contributed by atoms with Gasteiger partial charge < -0.3 is 0 Å². The molecule has 3 heteroatoms. The summed E-state index contributed by atoms with van der Waals surface area (Å²) >= 11 is 0. The second-order valence-corrected chi connectivity index (χ2v) is 4.53. The van der Waals surface area contributed by atoms with Crippen molar-refractivity contribution in [1.29, 1.82) is 0 Å². The molecule has 0 N–H and O–H groups in total. The highest BCUT2D eigenvalue weighted by Gasteiger charge is 2.33. The topological polar surface area (TPSA) is 43.1 Å². The molecular formula is C10H19NO2. The number of nitro groups is 1. The van der Waals surface area contributed by atoms with E-state index in [0.717, 1.165) is 25.7 Å². The molecular weight excluding hydrogens is 166 g/mol. The molecule has 0 aliphatic heterocycles. The van der Waals surface area contributed by atoms with Crippen molar-refractivity contribution in [2.75, 3.05) is 0 Å². The molecule has 1 aliphatic rings. The average molecular weight is 185 g/mol. The predicted molar refractivity (Wildman–Crippen MR) is 52.2 cm³/mol. The Bertz CT molecular complexity index is 180. The Balaban J connectivity index is 2.51. The maximum Gasteiger partial charge on any atom is 0.215 e. The first-order valence-corrected chi connectivity index (χ1v) is 5.24. The molecule has 1 saturated carbocycles. The molecule has 0 aromatic heterocycles. The third-order valence-electron chi connectivity index (χ3n) is 2.91. The van der Waals surface area contributed by atoms with Crippen LogP contribution in [0, 0.1) is 22.0 Å². The van der Waals surface area contributed by atoms with Crippen LogP contribution in [0.3, 0.4) is 0 Å². The van der Waals surface area contributed by atoms with Gasteiger partial charge in [-0.25, -0.2) is 0 Å². The smallest absolute Gasteiger partial charge is 0.215 e. The van der Waals surface area contributed by atoms with Crippen LogP contribution in [0.5, 0.6) is 0 Å². The molecule has 1 fully saturated rings. The predicted octanol–water partition coefficient (Wildman–Crippen LogP) is 2.87. The van der Waals surface area contributed by atoms with Crippen molar-refractivity contribution in [2.45, 2.75) is 52.0 Å². The summed E-state index contributed by atoms with van der Waals surface area (Å²) in [6, 6.07) is -0.254. The maximum atomic E-state index is 10.8. The molecule has 0 aromatic carbocycles. The van der Waals surface area contributed by atoms with E-state index >= 15 is 0 Å².